The first kappa shape index (κ1) is 17.0. The Kier molecular flexibility index (Phi) is 5.36. The zero-order chi connectivity index (χ0) is 16.9. The van der Waals surface area contributed by atoms with Gasteiger partial charge in [0.25, 0.3) is 5.89 Å². The van der Waals surface area contributed by atoms with Gasteiger partial charge in [0, 0.05) is 24.1 Å². The number of rotatable bonds is 5. The van der Waals surface area contributed by atoms with Gasteiger partial charge in [-0.2, -0.15) is 4.98 Å². The first-order chi connectivity index (χ1) is 10.9. The van der Waals surface area contributed by atoms with Crippen LogP contribution in [0.1, 0.15) is 39.1 Å². The first-order valence-electron chi connectivity index (χ1n) is 7.87. The van der Waals surface area contributed by atoms with E-state index in [9.17, 15) is 0 Å². The van der Waals surface area contributed by atoms with Crippen molar-refractivity contribution in [2.24, 2.45) is 10.7 Å². The molecule has 0 aliphatic rings. The van der Waals surface area contributed by atoms with Crippen LogP contribution in [0.3, 0.4) is 0 Å². The topological polar surface area (TPSA) is 89.3 Å². The molecule has 0 unspecified atom stereocenters. The van der Waals surface area contributed by atoms with Crippen molar-refractivity contribution in [3.05, 3.63) is 35.7 Å². The van der Waals surface area contributed by atoms with Crippen LogP contribution in [0.15, 0.2) is 33.8 Å². The number of hydrogen-bond donors (Lipinski definition) is 2. The molecule has 0 aliphatic carbocycles. The molecule has 0 saturated heterocycles. The molecule has 0 radical (unpaired) electrons. The van der Waals surface area contributed by atoms with Gasteiger partial charge in [-0.3, -0.25) is 4.99 Å². The lowest BCUT2D eigenvalue weighted by atomic mass is 10.1. The maximum atomic E-state index is 5.85. The predicted molar refractivity (Wildman–Crippen MR) is 92.2 cm³/mol. The van der Waals surface area contributed by atoms with Crippen LogP contribution in [-0.2, 0) is 12.8 Å². The highest BCUT2D eigenvalue weighted by molar-refractivity contribution is 5.78. The minimum Gasteiger partial charge on any atom is -0.370 e. The average molecular weight is 315 g/mol. The smallest absolute Gasteiger partial charge is 0.257 e. The molecule has 1 aromatic heterocycles. The maximum absolute atomic E-state index is 5.85. The fourth-order valence-corrected chi connectivity index (χ4v) is 2.06. The summed E-state index contributed by atoms with van der Waals surface area (Å²) in [5, 5.41) is 7.05. The third-order valence-electron chi connectivity index (χ3n) is 3.17. The van der Waals surface area contributed by atoms with Crippen LogP contribution >= 0.6 is 0 Å². The molecule has 0 atom stereocenters. The molecule has 0 bridgehead atoms. The van der Waals surface area contributed by atoms with Gasteiger partial charge in [-0.15, -0.1) is 0 Å². The van der Waals surface area contributed by atoms with E-state index in [1.807, 2.05) is 31.2 Å². The van der Waals surface area contributed by atoms with Gasteiger partial charge in [-0.05, 0) is 44.9 Å². The average Bonchev–Trinajstić information content (AvgIpc) is 2.95. The van der Waals surface area contributed by atoms with Crippen molar-refractivity contribution in [2.45, 2.75) is 46.1 Å². The molecular formula is C17H25N5O. The number of aromatic nitrogens is 2. The van der Waals surface area contributed by atoms with E-state index in [4.69, 9.17) is 10.3 Å². The van der Waals surface area contributed by atoms with Crippen molar-refractivity contribution in [3.63, 3.8) is 0 Å². The van der Waals surface area contributed by atoms with E-state index in [0.29, 0.717) is 18.4 Å². The van der Waals surface area contributed by atoms with Gasteiger partial charge < -0.3 is 15.6 Å². The number of benzene rings is 1. The Morgan fingerprint density at radius 3 is 2.52 bits per heavy atom. The van der Waals surface area contributed by atoms with Crippen LogP contribution in [0.25, 0.3) is 11.5 Å². The predicted octanol–water partition coefficient (Wildman–Crippen LogP) is 2.54. The Morgan fingerprint density at radius 2 is 1.96 bits per heavy atom. The second-order valence-electron chi connectivity index (χ2n) is 6.46. The van der Waals surface area contributed by atoms with Crippen molar-refractivity contribution in [1.29, 1.82) is 0 Å². The highest BCUT2D eigenvalue weighted by atomic mass is 16.5. The van der Waals surface area contributed by atoms with Gasteiger partial charge in [0.2, 0.25) is 0 Å². The van der Waals surface area contributed by atoms with E-state index in [0.717, 1.165) is 24.2 Å². The molecule has 6 nitrogen and oxygen atoms in total. The van der Waals surface area contributed by atoms with Gasteiger partial charge in [-0.1, -0.05) is 24.2 Å². The van der Waals surface area contributed by atoms with Crippen molar-refractivity contribution in [3.8, 4) is 11.5 Å². The fraction of sp³-hybridized carbons (Fsp3) is 0.471. The second-order valence-corrected chi connectivity index (χ2v) is 6.46. The Hall–Kier alpha value is -2.37. The van der Waals surface area contributed by atoms with Gasteiger partial charge in [0.15, 0.2) is 11.8 Å². The third-order valence-corrected chi connectivity index (χ3v) is 3.17. The zero-order valence-corrected chi connectivity index (χ0v) is 14.3. The number of hydrogen-bond acceptors (Lipinski definition) is 4. The zero-order valence-electron chi connectivity index (χ0n) is 14.3. The number of nitrogens with zero attached hydrogens (tertiary/aromatic N) is 3. The lowest BCUT2D eigenvalue weighted by Crippen LogP contribution is -2.45. The summed E-state index contributed by atoms with van der Waals surface area (Å²) in [6, 6.07) is 8.08. The normalized spacial score (nSPS) is 12.4. The molecule has 0 spiro atoms. The van der Waals surface area contributed by atoms with E-state index in [1.165, 1.54) is 5.56 Å². The summed E-state index contributed by atoms with van der Waals surface area (Å²) in [6.07, 6.45) is 1.60. The number of aliphatic imine (C=N–C) groups is 1. The van der Waals surface area contributed by atoms with Gasteiger partial charge in [0.1, 0.15) is 0 Å². The minimum atomic E-state index is -0.0728. The molecule has 6 heteroatoms. The summed E-state index contributed by atoms with van der Waals surface area (Å²) in [5.74, 6) is 1.76. The summed E-state index contributed by atoms with van der Waals surface area (Å²) in [5.41, 5.74) is 7.90. The summed E-state index contributed by atoms with van der Waals surface area (Å²) in [7, 11) is 0. The molecule has 0 aliphatic heterocycles. The molecule has 23 heavy (non-hydrogen) atoms. The fourth-order valence-electron chi connectivity index (χ4n) is 2.06. The van der Waals surface area contributed by atoms with Crippen LogP contribution in [0, 0.1) is 0 Å². The van der Waals surface area contributed by atoms with Crippen molar-refractivity contribution >= 4 is 5.96 Å². The minimum absolute atomic E-state index is 0.0728. The van der Waals surface area contributed by atoms with Crippen LogP contribution in [0.2, 0.25) is 0 Å². The molecule has 2 aromatic rings. The van der Waals surface area contributed by atoms with E-state index in [1.54, 1.807) is 0 Å². The van der Waals surface area contributed by atoms with Crippen molar-refractivity contribution < 1.29 is 4.52 Å². The van der Waals surface area contributed by atoms with Crippen LogP contribution < -0.4 is 11.1 Å². The highest BCUT2D eigenvalue weighted by Gasteiger charge is 2.09. The van der Waals surface area contributed by atoms with E-state index in [2.05, 4.69) is 41.2 Å². The molecule has 2 rings (SSSR count). The second kappa shape index (κ2) is 7.26. The van der Waals surface area contributed by atoms with Crippen LogP contribution in [-0.4, -0.2) is 28.2 Å². The summed E-state index contributed by atoms with van der Waals surface area (Å²) in [4.78, 5) is 8.67. The van der Waals surface area contributed by atoms with E-state index in [-0.39, 0.29) is 5.54 Å². The maximum Gasteiger partial charge on any atom is 0.257 e. The molecule has 0 saturated carbocycles. The Bertz CT molecular complexity index is 652. The lowest BCUT2D eigenvalue weighted by molar-refractivity contribution is 0.423. The van der Waals surface area contributed by atoms with Gasteiger partial charge >= 0.3 is 0 Å². The largest absolute Gasteiger partial charge is 0.370 e. The van der Waals surface area contributed by atoms with Gasteiger partial charge in [-0.25, -0.2) is 0 Å². The highest BCUT2D eigenvalue weighted by Crippen LogP contribution is 2.18. The molecule has 0 fully saturated rings. The van der Waals surface area contributed by atoms with E-state index >= 15 is 0 Å². The summed E-state index contributed by atoms with van der Waals surface area (Å²) < 4.78 is 5.23. The molecule has 3 N–H and O–H groups in total. The third kappa shape index (κ3) is 5.39. The Balaban J connectivity index is 1.91. The lowest BCUT2D eigenvalue weighted by Gasteiger charge is -2.20. The van der Waals surface area contributed by atoms with Crippen molar-refractivity contribution in [1.82, 2.24) is 15.5 Å². The first-order valence-corrected chi connectivity index (χ1v) is 7.87. The van der Waals surface area contributed by atoms with E-state index < -0.39 is 0 Å². The number of guanidine groups is 1. The molecule has 0 amide bonds. The van der Waals surface area contributed by atoms with Gasteiger partial charge in [0.05, 0.1) is 0 Å². The molecule has 124 valence electrons. The number of nitrogens with one attached hydrogen (secondary N) is 1. The SMILES string of the molecule is CCc1noc(-c2ccc(CCN=C(N)NC(C)(C)C)cc2)n1. The molecular weight excluding hydrogens is 290 g/mol. The molecule has 1 aromatic carbocycles. The summed E-state index contributed by atoms with van der Waals surface area (Å²) in [6.45, 7) is 8.80. The molecule has 1 heterocycles. The Morgan fingerprint density at radius 1 is 1.26 bits per heavy atom. The summed E-state index contributed by atoms with van der Waals surface area (Å²) >= 11 is 0. The standard InChI is InChI=1S/C17H25N5O/c1-5-14-20-15(23-22-14)13-8-6-12(7-9-13)10-11-19-16(18)21-17(2,3)4/h6-9H,5,10-11H2,1-4H3,(H3,18,19,21). The number of aryl methyl sites for hydroxylation is 1. The monoisotopic (exact) mass is 315 g/mol. The quantitative estimate of drug-likeness (QED) is 0.654. The van der Waals surface area contributed by atoms with Crippen molar-refractivity contribution in [2.75, 3.05) is 6.54 Å². The number of nitrogens with two attached hydrogens (primary N) is 1. The van der Waals surface area contributed by atoms with Crippen LogP contribution in [0.4, 0.5) is 0 Å². The van der Waals surface area contributed by atoms with Crippen LogP contribution in [0.5, 0.6) is 0 Å². The Labute approximate surface area is 137 Å².